The molecule has 2 heterocycles. The first-order valence-electron chi connectivity index (χ1n) is 13.6. The number of ether oxygens (including phenoxy) is 1. The maximum absolute atomic E-state index is 13.8. The molecule has 2 amide bonds. The molecule has 1 aromatic heterocycles. The fraction of sp³-hybridized carbons (Fsp3) is 0.143. The van der Waals surface area contributed by atoms with Crippen molar-refractivity contribution in [3.05, 3.63) is 131 Å². The lowest BCUT2D eigenvalue weighted by Crippen LogP contribution is -2.43. The van der Waals surface area contributed by atoms with Gasteiger partial charge < -0.3 is 4.74 Å². The molecule has 1 aliphatic rings. The molecular weight excluding hydrogens is 524 g/mol. The summed E-state index contributed by atoms with van der Waals surface area (Å²) in [5, 5.41) is 14.8. The van der Waals surface area contributed by atoms with Crippen LogP contribution in [-0.4, -0.2) is 39.6 Å². The Balaban J connectivity index is 1.60. The second kappa shape index (κ2) is 12.4. The SMILES string of the molecule is C=CCOc1ccc(-c2nn(-c3ccccc3)cc2/C=C2/C(=O)N(CCc3ccccc3)C(=O)C(C#N)=C2C)c(C)c1. The highest BCUT2D eigenvalue weighted by Crippen LogP contribution is 2.33. The molecule has 208 valence electrons. The monoisotopic (exact) mass is 554 g/mol. The molecule has 0 fully saturated rings. The van der Waals surface area contributed by atoms with E-state index in [1.807, 2.05) is 98.1 Å². The minimum absolute atomic E-state index is 0.0363. The molecule has 0 bridgehead atoms. The van der Waals surface area contributed by atoms with Gasteiger partial charge in [-0.25, -0.2) is 4.68 Å². The third kappa shape index (κ3) is 5.70. The van der Waals surface area contributed by atoms with Crippen LogP contribution in [0.15, 0.2) is 114 Å². The Morgan fingerprint density at radius 1 is 0.976 bits per heavy atom. The van der Waals surface area contributed by atoms with Gasteiger partial charge in [-0.05, 0) is 73.4 Å². The average Bonchev–Trinajstić information content (AvgIpc) is 3.43. The maximum Gasteiger partial charge on any atom is 0.271 e. The second-order valence-electron chi connectivity index (χ2n) is 9.96. The van der Waals surface area contributed by atoms with Crippen LogP contribution in [0.3, 0.4) is 0 Å². The van der Waals surface area contributed by atoms with E-state index in [-0.39, 0.29) is 17.7 Å². The molecule has 7 heteroatoms. The molecule has 0 aliphatic carbocycles. The van der Waals surface area contributed by atoms with Gasteiger partial charge in [0.05, 0.1) is 5.69 Å². The lowest BCUT2D eigenvalue weighted by Gasteiger charge is -2.27. The Kier molecular flexibility index (Phi) is 8.26. The zero-order chi connectivity index (χ0) is 29.6. The average molecular weight is 555 g/mol. The number of aromatic nitrogens is 2. The number of carbonyl (C=O) groups is 2. The number of rotatable bonds is 9. The highest BCUT2D eigenvalue weighted by atomic mass is 16.5. The van der Waals surface area contributed by atoms with E-state index in [9.17, 15) is 14.9 Å². The van der Waals surface area contributed by atoms with Crippen LogP contribution >= 0.6 is 0 Å². The first kappa shape index (κ1) is 28.1. The summed E-state index contributed by atoms with van der Waals surface area (Å²) in [6, 6.07) is 27.1. The number of amides is 2. The van der Waals surface area contributed by atoms with Crippen molar-refractivity contribution >= 4 is 17.9 Å². The van der Waals surface area contributed by atoms with Gasteiger partial charge in [0.15, 0.2) is 0 Å². The standard InChI is InChI=1S/C35H30N4O3/c1-4-19-42-29-15-16-30(24(2)20-29)33-27(23-39(37-33)28-13-9-6-10-14-28)21-31-25(3)32(22-36)35(41)38(34(31)40)18-17-26-11-7-5-8-12-26/h4-16,20-21,23H,1,17-19H2,2-3H3/b31-21+. The quantitative estimate of drug-likeness (QED) is 0.139. The Morgan fingerprint density at radius 2 is 1.69 bits per heavy atom. The van der Waals surface area contributed by atoms with Gasteiger partial charge in [0, 0.05) is 29.4 Å². The van der Waals surface area contributed by atoms with Crippen molar-refractivity contribution in [3.63, 3.8) is 0 Å². The van der Waals surface area contributed by atoms with Crippen molar-refractivity contribution in [2.45, 2.75) is 20.3 Å². The lowest BCUT2D eigenvalue weighted by molar-refractivity contribution is -0.140. The van der Waals surface area contributed by atoms with Crippen molar-refractivity contribution in [3.8, 4) is 28.8 Å². The zero-order valence-electron chi connectivity index (χ0n) is 23.6. The van der Waals surface area contributed by atoms with Crippen LogP contribution < -0.4 is 4.74 Å². The first-order chi connectivity index (χ1) is 20.4. The highest BCUT2D eigenvalue weighted by Gasteiger charge is 2.35. The molecule has 0 radical (unpaired) electrons. The summed E-state index contributed by atoms with van der Waals surface area (Å²) < 4.78 is 7.47. The predicted molar refractivity (Wildman–Crippen MR) is 163 cm³/mol. The van der Waals surface area contributed by atoms with Gasteiger partial charge in [0.1, 0.15) is 29.7 Å². The number of carbonyl (C=O) groups excluding carboxylic acids is 2. The lowest BCUT2D eigenvalue weighted by atomic mass is 9.92. The smallest absolute Gasteiger partial charge is 0.271 e. The number of benzene rings is 3. The van der Waals surface area contributed by atoms with Crippen LogP contribution in [-0.2, 0) is 16.0 Å². The van der Waals surface area contributed by atoms with E-state index in [1.165, 1.54) is 4.90 Å². The predicted octanol–water partition coefficient (Wildman–Crippen LogP) is 6.25. The molecule has 4 aromatic rings. The summed E-state index contributed by atoms with van der Waals surface area (Å²) in [5.74, 6) is -0.291. The van der Waals surface area contributed by atoms with Gasteiger partial charge in [-0.2, -0.15) is 10.4 Å². The molecule has 3 aromatic carbocycles. The summed E-state index contributed by atoms with van der Waals surface area (Å²) in [5.41, 5.74) is 5.60. The number of hydrogen-bond donors (Lipinski definition) is 0. The number of imide groups is 1. The number of nitrogens with zero attached hydrogens (tertiary/aromatic N) is 4. The van der Waals surface area contributed by atoms with E-state index in [1.54, 1.807) is 23.8 Å². The molecule has 0 N–H and O–H groups in total. The van der Waals surface area contributed by atoms with Gasteiger partial charge >= 0.3 is 0 Å². The van der Waals surface area contributed by atoms with E-state index >= 15 is 0 Å². The second-order valence-corrected chi connectivity index (χ2v) is 9.96. The van der Waals surface area contributed by atoms with Crippen LogP contribution in [0.5, 0.6) is 5.75 Å². The molecule has 42 heavy (non-hydrogen) atoms. The molecule has 0 saturated heterocycles. The minimum atomic E-state index is -0.570. The first-order valence-corrected chi connectivity index (χ1v) is 13.6. The van der Waals surface area contributed by atoms with E-state index in [0.29, 0.717) is 35.6 Å². The van der Waals surface area contributed by atoms with Crippen LogP contribution in [0, 0.1) is 18.3 Å². The van der Waals surface area contributed by atoms with Gasteiger partial charge in [0.2, 0.25) is 0 Å². The van der Waals surface area contributed by atoms with E-state index in [0.717, 1.165) is 22.4 Å². The molecule has 1 aliphatic heterocycles. The van der Waals surface area contributed by atoms with Gasteiger partial charge in [-0.3, -0.25) is 14.5 Å². The Morgan fingerprint density at radius 3 is 2.36 bits per heavy atom. The van der Waals surface area contributed by atoms with E-state index in [4.69, 9.17) is 9.84 Å². The van der Waals surface area contributed by atoms with Gasteiger partial charge in [0.25, 0.3) is 11.8 Å². The van der Waals surface area contributed by atoms with E-state index in [2.05, 4.69) is 6.58 Å². The van der Waals surface area contributed by atoms with Crippen LogP contribution in [0.25, 0.3) is 23.0 Å². The summed E-state index contributed by atoms with van der Waals surface area (Å²) in [6.07, 6.45) is 5.77. The number of aryl methyl sites for hydroxylation is 1. The van der Waals surface area contributed by atoms with Crippen molar-refractivity contribution in [1.29, 1.82) is 5.26 Å². The highest BCUT2D eigenvalue weighted by molar-refractivity contribution is 6.19. The molecule has 0 saturated carbocycles. The maximum atomic E-state index is 13.8. The molecule has 0 spiro atoms. The fourth-order valence-corrected chi connectivity index (χ4v) is 4.94. The third-order valence-corrected chi connectivity index (χ3v) is 7.18. The van der Waals surface area contributed by atoms with E-state index < -0.39 is 11.8 Å². The molecule has 0 unspecified atom stereocenters. The Hall–Kier alpha value is -5.48. The summed E-state index contributed by atoms with van der Waals surface area (Å²) >= 11 is 0. The third-order valence-electron chi connectivity index (χ3n) is 7.18. The summed E-state index contributed by atoms with van der Waals surface area (Å²) in [4.78, 5) is 28.2. The van der Waals surface area contributed by atoms with Gasteiger partial charge in [-0.1, -0.05) is 61.2 Å². The zero-order valence-corrected chi connectivity index (χ0v) is 23.6. The minimum Gasteiger partial charge on any atom is -0.490 e. The number of hydrogen-bond acceptors (Lipinski definition) is 5. The molecule has 5 rings (SSSR count). The normalized spacial score (nSPS) is 14.3. The largest absolute Gasteiger partial charge is 0.490 e. The van der Waals surface area contributed by atoms with Crippen molar-refractivity contribution in [1.82, 2.24) is 14.7 Å². The van der Waals surface area contributed by atoms with Crippen molar-refractivity contribution in [2.24, 2.45) is 0 Å². The van der Waals surface area contributed by atoms with Crippen molar-refractivity contribution < 1.29 is 14.3 Å². The van der Waals surface area contributed by atoms with Gasteiger partial charge in [-0.15, -0.1) is 0 Å². The van der Waals surface area contributed by atoms with Crippen LogP contribution in [0.2, 0.25) is 0 Å². The Labute approximate surface area is 245 Å². The topological polar surface area (TPSA) is 88.2 Å². The summed E-state index contributed by atoms with van der Waals surface area (Å²) in [7, 11) is 0. The van der Waals surface area contributed by atoms with Crippen molar-refractivity contribution in [2.75, 3.05) is 13.2 Å². The molecule has 7 nitrogen and oxygen atoms in total. The Bertz CT molecular complexity index is 1760. The van der Waals surface area contributed by atoms with Crippen LogP contribution in [0.4, 0.5) is 0 Å². The molecule has 0 atom stereocenters. The molecular formula is C35H30N4O3. The van der Waals surface area contributed by atoms with Crippen LogP contribution in [0.1, 0.15) is 23.6 Å². The summed E-state index contributed by atoms with van der Waals surface area (Å²) in [6.45, 7) is 7.89. The number of para-hydroxylation sites is 1. The number of nitriles is 1. The fourth-order valence-electron chi connectivity index (χ4n) is 4.94.